The highest BCUT2D eigenvalue weighted by atomic mass is 16.5. The first-order chi connectivity index (χ1) is 8.69. The van der Waals surface area contributed by atoms with E-state index in [0.717, 1.165) is 34.3 Å². The average molecular weight is 245 g/mol. The molecule has 0 aliphatic heterocycles. The van der Waals surface area contributed by atoms with Gasteiger partial charge in [-0.3, -0.25) is 10.8 Å². The molecule has 1 aromatic heterocycles. The molecule has 0 radical (unpaired) electrons. The molecular formula is C14H19N3O. The number of nitrogens with zero attached hydrogens (tertiary/aromatic N) is 1. The summed E-state index contributed by atoms with van der Waals surface area (Å²) >= 11 is 0. The van der Waals surface area contributed by atoms with Crippen molar-refractivity contribution in [3.05, 3.63) is 35.0 Å². The monoisotopic (exact) mass is 245 g/mol. The molecule has 0 saturated heterocycles. The van der Waals surface area contributed by atoms with Crippen molar-refractivity contribution in [2.75, 3.05) is 19.1 Å². The molecule has 0 unspecified atom stereocenters. The standard InChI is InChI=1S/C14H19N3O/c1-9-10(2)16-14-11(7-8-18-3)5-4-6-12(14)13(9)17-15/h4-6H,7-8,15H2,1-3H3,(H,16,17). The Morgan fingerprint density at radius 1 is 1.33 bits per heavy atom. The Bertz CT molecular complexity index is 566. The number of methoxy groups -OCH3 is 1. The van der Waals surface area contributed by atoms with Crippen LogP contribution < -0.4 is 11.3 Å². The molecule has 1 aromatic carbocycles. The first kappa shape index (κ1) is 12.8. The van der Waals surface area contributed by atoms with Crippen molar-refractivity contribution in [2.24, 2.45) is 5.84 Å². The lowest BCUT2D eigenvalue weighted by atomic mass is 10.0. The second kappa shape index (κ2) is 5.33. The van der Waals surface area contributed by atoms with Gasteiger partial charge in [-0.1, -0.05) is 18.2 Å². The fourth-order valence-electron chi connectivity index (χ4n) is 2.16. The molecule has 2 rings (SSSR count). The lowest BCUT2D eigenvalue weighted by Crippen LogP contribution is -2.11. The first-order valence-corrected chi connectivity index (χ1v) is 6.03. The average Bonchev–Trinajstić information content (AvgIpc) is 2.38. The molecule has 1 heterocycles. The third-order valence-electron chi connectivity index (χ3n) is 3.31. The van der Waals surface area contributed by atoms with E-state index in [1.807, 2.05) is 26.0 Å². The van der Waals surface area contributed by atoms with Gasteiger partial charge in [0.05, 0.1) is 17.8 Å². The van der Waals surface area contributed by atoms with Crippen molar-refractivity contribution in [1.29, 1.82) is 0 Å². The fraction of sp³-hybridized carbons (Fsp3) is 0.357. The minimum atomic E-state index is 0.694. The lowest BCUT2D eigenvalue weighted by molar-refractivity contribution is 0.202. The second-order valence-electron chi connectivity index (χ2n) is 4.40. The Hall–Kier alpha value is -1.65. The van der Waals surface area contributed by atoms with Gasteiger partial charge in [0.15, 0.2) is 0 Å². The molecule has 0 fully saturated rings. The maximum atomic E-state index is 5.63. The number of nitrogen functional groups attached to an aromatic ring is 1. The molecule has 0 aliphatic carbocycles. The van der Waals surface area contributed by atoms with Gasteiger partial charge < -0.3 is 10.2 Å². The number of nitrogens with one attached hydrogen (secondary N) is 1. The van der Waals surface area contributed by atoms with Crippen LogP contribution in [-0.4, -0.2) is 18.7 Å². The molecule has 4 nitrogen and oxygen atoms in total. The quantitative estimate of drug-likeness (QED) is 0.641. The summed E-state index contributed by atoms with van der Waals surface area (Å²) in [6, 6.07) is 6.16. The fourth-order valence-corrected chi connectivity index (χ4v) is 2.16. The van der Waals surface area contributed by atoms with E-state index in [4.69, 9.17) is 10.6 Å². The summed E-state index contributed by atoms with van der Waals surface area (Å²) in [5, 5.41) is 1.06. The molecule has 96 valence electrons. The summed E-state index contributed by atoms with van der Waals surface area (Å²) < 4.78 is 5.14. The van der Waals surface area contributed by atoms with Crippen LogP contribution in [-0.2, 0) is 11.2 Å². The van der Waals surface area contributed by atoms with Gasteiger partial charge in [-0.15, -0.1) is 0 Å². The third kappa shape index (κ3) is 2.17. The largest absolute Gasteiger partial charge is 0.384 e. The zero-order chi connectivity index (χ0) is 13.1. The van der Waals surface area contributed by atoms with E-state index in [0.29, 0.717) is 6.61 Å². The van der Waals surface area contributed by atoms with Gasteiger partial charge in [-0.2, -0.15) is 0 Å². The number of ether oxygens (including phenoxy) is 1. The van der Waals surface area contributed by atoms with E-state index in [-0.39, 0.29) is 0 Å². The zero-order valence-corrected chi connectivity index (χ0v) is 11.1. The first-order valence-electron chi connectivity index (χ1n) is 6.03. The van der Waals surface area contributed by atoms with Crippen molar-refractivity contribution in [1.82, 2.24) is 4.98 Å². The van der Waals surface area contributed by atoms with Gasteiger partial charge in [0.2, 0.25) is 0 Å². The van der Waals surface area contributed by atoms with Crippen LogP contribution in [0.3, 0.4) is 0 Å². The van der Waals surface area contributed by atoms with Crippen LogP contribution in [0.25, 0.3) is 10.9 Å². The van der Waals surface area contributed by atoms with E-state index in [1.165, 1.54) is 5.56 Å². The van der Waals surface area contributed by atoms with Crippen LogP contribution in [0, 0.1) is 13.8 Å². The number of benzene rings is 1. The van der Waals surface area contributed by atoms with E-state index >= 15 is 0 Å². The molecule has 0 amide bonds. The topological polar surface area (TPSA) is 60.2 Å². The molecule has 0 aliphatic rings. The van der Waals surface area contributed by atoms with Crippen LogP contribution in [0.1, 0.15) is 16.8 Å². The Balaban J connectivity index is 2.66. The van der Waals surface area contributed by atoms with Crippen molar-refractivity contribution in [3.63, 3.8) is 0 Å². The molecular weight excluding hydrogens is 226 g/mol. The van der Waals surface area contributed by atoms with Gasteiger partial charge in [0.25, 0.3) is 0 Å². The number of nitrogens with two attached hydrogens (primary N) is 1. The van der Waals surface area contributed by atoms with Gasteiger partial charge in [-0.25, -0.2) is 0 Å². The highest BCUT2D eigenvalue weighted by Crippen LogP contribution is 2.29. The molecule has 0 saturated carbocycles. The summed E-state index contributed by atoms with van der Waals surface area (Å²) in [6.07, 6.45) is 0.855. The number of hydrogen-bond donors (Lipinski definition) is 2. The van der Waals surface area contributed by atoms with Gasteiger partial charge in [0.1, 0.15) is 0 Å². The molecule has 3 N–H and O–H groups in total. The number of fused-ring (bicyclic) bond motifs is 1. The van der Waals surface area contributed by atoms with Crippen LogP contribution in [0.2, 0.25) is 0 Å². The molecule has 4 heteroatoms. The number of aryl methyl sites for hydroxylation is 1. The number of rotatable bonds is 4. The van der Waals surface area contributed by atoms with Crippen LogP contribution in [0.15, 0.2) is 18.2 Å². The maximum absolute atomic E-state index is 5.63. The minimum absolute atomic E-state index is 0.694. The van der Waals surface area contributed by atoms with Crippen molar-refractivity contribution >= 4 is 16.6 Å². The SMILES string of the molecule is COCCc1cccc2c(NN)c(C)c(C)nc12. The number of hydrazine groups is 1. The van der Waals surface area contributed by atoms with E-state index in [2.05, 4.69) is 16.5 Å². The highest BCUT2D eigenvalue weighted by molar-refractivity contribution is 5.94. The molecule has 0 atom stereocenters. The lowest BCUT2D eigenvalue weighted by Gasteiger charge is -2.14. The van der Waals surface area contributed by atoms with Gasteiger partial charge >= 0.3 is 0 Å². The number of para-hydroxylation sites is 1. The number of pyridine rings is 1. The van der Waals surface area contributed by atoms with Crippen LogP contribution in [0.4, 0.5) is 5.69 Å². The molecule has 0 bridgehead atoms. The Labute approximate surface area is 107 Å². The summed E-state index contributed by atoms with van der Waals surface area (Å²) in [5.74, 6) is 5.63. The highest BCUT2D eigenvalue weighted by Gasteiger charge is 2.10. The van der Waals surface area contributed by atoms with Gasteiger partial charge in [-0.05, 0) is 31.4 Å². The predicted molar refractivity (Wildman–Crippen MR) is 74.6 cm³/mol. The number of anilines is 1. The summed E-state index contributed by atoms with van der Waals surface area (Å²) in [7, 11) is 1.71. The van der Waals surface area contributed by atoms with Crippen molar-refractivity contribution < 1.29 is 4.74 Å². The summed E-state index contributed by atoms with van der Waals surface area (Å²) in [5.41, 5.74) is 8.03. The molecule has 18 heavy (non-hydrogen) atoms. The van der Waals surface area contributed by atoms with Crippen molar-refractivity contribution in [3.8, 4) is 0 Å². The van der Waals surface area contributed by atoms with Gasteiger partial charge in [0, 0.05) is 18.2 Å². The Kier molecular flexibility index (Phi) is 3.79. The van der Waals surface area contributed by atoms with Crippen molar-refractivity contribution in [2.45, 2.75) is 20.3 Å². The molecule has 0 spiro atoms. The summed E-state index contributed by atoms with van der Waals surface area (Å²) in [4.78, 5) is 4.69. The number of aromatic nitrogens is 1. The summed E-state index contributed by atoms with van der Waals surface area (Å²) in [6.45, 7) is 4.72. The maximum Gasteiger partial charge on any atom is 0.0759 e. The second-order valence-corrected chi connectivity index (χ2v) is 4.40. The number of hydrogen-bond acceptors (Lipinski definition) is 4. The predicted octanol–water partition coefficient (Wildman–Crippen LogP) is 2.33. The van der Waals surface area contributed by atoms with E-state index < -0.39 is 0 Å². The smallest absolute Gasteiger partial charge is 0.0759 e. The Morgan fingerprint density at radius 2 is 2.11 bits per heavy atom. The minimum Gasteiger partial charge on any atom is -0.384 e. The molecule has 2 aromatic rings. The zero-order valence-electron chi connectivity index (χ0n) is 11.1. The van der Waals surface area contributed by atoms with E-state index in [9.17, 15) is 0 Å². The van der Waals surface area contributed by atoms with Crippen LogP contribution >= 0.6 is 0 Å². The van der Waals surface area contributed by atoms with Crippen LogP contribution in [0.5, 0.6) is 0 Å². The Morgan fingerprint density at radius 3 is 2.78 bits per heavy atom. The third-order valence-corrected chi connectivity index (χ3v) is 3.31. The normalized spacial score (nSPS) is 10.9. The van der Waals surface area contributed by atoms with E-state index in [1.54, 1.807) is 7.11 Å².